The number of nitrogens with zero attached hydrogens (tertiary/aromatic N) is 6. The van der Waals surface area contributed by atoms with Gasteiger partial charge in [0.25, 0.3) is 0 Å². The smallest absolute Gasteiger partial charge is 0.0655 e. The van der Waals surface area contributed by atoms with Crippen molar-refractivity contribution in [3.63, 3.8) is 0 Å². The van der Waals surface area contributed by atoms with Crippen molar-refractivity contribution < 1.29 is 20.4 Å². The molecule has 0 unspecified atom stereocenters. The Kier molecular flexibility index (Phi) is 29.2. The maximum absolute atomic E-state index is 5.48. The van der Waals surface area contributed by atoms with E-state index in [0.29, 0.717) is 0 Å². The molecule has 7 heteroatoms. The van der Waals surface area contributed by atoms with Gasteiger partial charge in [0.2, 0.25) is 0 Å². The predicted molar refractivity (Wildman–Crippen MR) is 251 cm³/mol. The second kappa shape index (κ2) is 31.6. The van der Waals surface area contributed by atoms with Crippen molar-refractivity contribution in [1.82, 2.24) is 0 Å². The zero-order chi connectivity index (χ0) is 40.3. The average molecular weight is 866 g/mol. The molecule has 0 bridgehead atoms. The molecular formula is C49H86N6Pd. The van der Waals surface area contributed by atoms with Gasteiger partial charge in [-0.1, -0.05) is 123 Å². The zero-order valence-electron chi connectivity index (χ0n) is 38.1. The normalized spacial score (nSPS) is 11.8. The molecule has 6 nitrogen and oxygen atoms in total. The second-order valence-corrected chi connectivity index (χ2v) is 16.0. The van der Waals surface area contributed by atoms with Crippen molar-refractivity contribution in [3.8, 4) is 0 Å². The molecule has 322 valence electrons. The quantitative estimate of drug-likeness (QED) is 0.0417. The first-order valence-electron chi connectivity index (χ1n) is 23.0. The molecule has 0 saturated carbocycles. The average Bonchev–Trinajstić information content (AvgIpc) is 3.21. The SMILES string of the molecule is CCCCCCCCCCCCCCCCCCCC(=Nc1ccc(N(C)CC)c(N(C)CC)c1)C(CCCC)=Nc1ccc(N(C)CC)c(N(C)CC)c1.[Pd]. The van der Waals surface area contributed by atoms with Crippen LogP contribution in [0.25, 0.3) is 0 Å². The standard InChI is InChI=1S/C49H86N6.Pd/c1-11-17-19-20-21-22-23-24-25-26-27-28-29-30-31-32-33-35-45(51-43-37-39-47(53(8)14-4)49(41-43)55(10)16-6)44(34-18-12-2)50-42-36-38-46(52(7)13-3)48(40-42)54(9)15-5;/h36-41H,11-35H2,1-10H3;. The molecular weight excluding hydrogens is 779 g/mol. The summed E-state index contributed by atoms with van der Waals surface area (Å²) in [5, 5.41) is 0. The number of hydrogen-bond donors (Lipinski definition) is 0. The number of aliphatic imine (C=N–C) groups is 2. The van der Waals surface area contributed by atoms with Gasteiger partial charge in [0, 0.05) is 74.8 Å². The minimum atomic E-state index is 0. The summed E-state index contributed by atoms with van der Waals surface area (Å²) in [6.07, 6.45) is 27.7. The summed E-state index contributed by atoms with van der Waals surface area (Å²) >= 11 is 0. The van der Waals surface area contributed by atoms with Crippen molar-refractivity contribution in [2.24, 2.45) is 9.98 Å². The van der Waals surface area contributed by atoms with Crippen LogP contribution in [0.5, 0.6) is 0 Å². The van der Waals surface area contributed by atoms with Crippen LogP contribution >= 0.6 is 0 Å². The van der Waals surface area contributed by atoms with E-state index in [1.807, 2.05) is 0 Å². The van der Waals surface area contributed by atoms with E-state index in [-0.39, 0.29) is 20.4 Å². The number of hydrogen-bond acceptors (Lipinski definition) is 6. The molecule has 0 aliphatic carbocycles. The molecule has 0 N–H and O–H groups in total. The van der Waals surface area contributed by atoms with Gasteiger partial charge in [-0.15, -0.1) is 0 Å². The molecule has 2 aromatic carbocycles. The zero-order valence-corrected chi connectivity index (χ0v) is 39.7. The van der Waals surface area contributed by atoms with Crippen molar-refractivity contribution in [3.05, 3.63) is 36.4 Å². The van der Waals surface area contributed by atoms with Crippen molar-refractivity contribution in [2.45, 2.75) is 176 Å². The molecule has 0 amide bonds. The van der Waals surface area contributed by atoms with E-state index >= 15 is 0 Å². The molecule has 0 fully saturated rings. The first kappa shape index (κ1) is 51.7. The van der Waals surface area contributed by atoms with Gasteiger partial charge in [-0.05, 0) is 89.8 Å². The van der Waals surface area contributed by atoms with Crippen molar-refractivity contribution in [1.29, 1.82) is 0 Å². The molecule has 0 aromatic heterocycles. The van der Waals surface area contributed by atoms with Gasteiger partial charge >= 0.3 is 0 Å². The third-order valence-electron chi connectivity index (χ3n) is 11.6. The largest absolute Gasteiger partial charge is 0.373 e. The third kappa shape index (κ3) is 19.4. The number of unbranched alkanes of at least 4 members (excludes halogenated alkanes) is 17. The molecule has 0 radical (unpaired) electrons. The summed E-state index contributed by atoms with van der Waals surface area (Å²) in [5.74, 6) is 0. The first-order valence-corrected chi connectivity index (χ1v) is 23.0. The molecule has 2 rings (SSSR count). The van der Waals surface area contributed by atoms with Crippen LogP contribution in [0, 0.1) is 0 Å². The molecule has 0 spiro atoms. The molecule has 0 atom stereocenters. The number of anilines is 4. The van der Waals surface area contributed by atoms with Gasteiger partial charge in [0.15, 0.2) is 0 Å². The third-order valence-corrected chi connectivity index (χ3v) is 11.6. The molecule has 0 aliphatic rings. The topological polar surface area (TPSA) is 37.7 Å². The summed E-state index contributed by atoms with van der Waals surface area (Å²) in [6, 6.07) is 13.5. The van der Waals surface area contributed by atoms with Crippen LogP contribution < -0.4 is 19.6 Å². The Bertz CT molecular complexity index is 1360. The second-order valence-electron chi connectivity index (χ2n) is 16.0. The Balaban J connectivity index is 0.0000157. The summed E-state index contributed by atoms with van der Waals surface area (Å²) < 4.78 is 0. The Morgan fingerprint density at radius 3 is 0.982 bits per heavy atom. The fourth-order valence-electron chi connectivity index (χ4n) is 7.30. The summed E-state index contributed by atoms with van der Waals surface area (Å²) in [6.45, 7) is 17.3. The molecule has 0 heterocycles. The minimum absolute atomic E-state index is 0. The van der Waals surface area contributed by atoms with Crippen LogP contribution in [0.1, 0.15) is 176 Å². The van der Waals surface area contributed by atoms with Crippen LogP contribution in [0.4, 0.5) is 34.1 Å². The van der Waals surface area contributed by atoms with Gasteiger partial charge in [0.05, 0.1) is 45.5 Å². The van der Waals surface area contributed by atoms with E-state index < -0.39 is 0 Å². The fourth-order valence-corrected chi connectivity index (χ4v) is 7.30. The van der Waals surface area contributed by atoms with Crippen LogP contribution in [-0.4, -0.2) is 65.8 Å². The van der Waals surface area contributed by atoms with E-state index in [0.717, 1.165) is 81.1 Å². The van der Waals surface area contributed by atoms with E-state index in [1.165, 1.54) is 125 Å². The van der Waals surface area contributed by atoms with E-state index in [4.69, 9.17) is 9.98 Å². The van der Waals surface area contributed by atoms with Gasteiger partial charge in [-0.2, -0.15) is 0 Å². The van der Waals surface area contributed by atoms with Gasteiger partial charge in [-0.3, -0.25) is 9.98 Å². The number of benzene rings is 2. The molecule has 0 aliphatic heterocycles. The van der Waals surface area contributed by atoms with Crippen molar-refractivity contribution >= 4 is 45.5 Å². The Morgan fingerprint density at radius 2 is 0.661 bits per heavy atom. The first-order chi connectivity index (χ1) is 26.7. The van der Waals surface area contributed by atoms with E-state index in [1.54, 1.807) is 0 Å². The van der Waals surface area contributed by atoms with E-state index in [9.17, 15) is 0 Å². The monoisotopic (exact) mass is 865 g/mol. The van der Waals surface area contributed by atoms with Gasteiger partial charge in [0.1, 0.15) is 0 Å². The fraction of sp³-hybridized carbons (Fsp3) is 0.714. The number of rotatable bonds is 32. The summed E-state index contributed by atoms with van der Waals surface area (Å²) in [7, 11) is 8.73. The maximum atomic E-state index is 5.48. The molecule has 56 heavy (non-hydrogen) atoms. The van der Waals surface area contributed by atoms with Crippen LogP contribution in [-0.2, 0) is 20.4 Å². The maximum Gasteiger partial charge on any atom is 0.0655 e. The minimum Gasteiger partial charge on any atom is -0.373 e. The van der Waals surface area contributed by atoms with Crippen LogP contribution in [0.2, 0.25) is 0 Å². The Morgan fingerprint density at radius 1 is 0.375 bits per heavy atom. The Labute approximate surface area is 361 Å². The van der Waals surface area contributed by atoms with E-state index in [2.05, 4.69) is 126 Å². The molecule has 2 aromatic rings. The van der Waals surface area contributed by atoms with Gasteiger partial charge < -0.3 is 19.6 Å². The van der Waals surface area contributed by atoms with Crippen LogP contribution in [0.15, 0.2) is 46.4 Å². The Hall–Kier alpha value is -2.36. The van der Waals surface area contributed by atoms with Crippen LogP contribution in [0.3, 0.4) is 0 Å². The summed E-state index contributed by atoms with van der Waals surface area (Å²) in [4.78, 5) is 20.2. The van der Waals surface area contributed by atoms with Gasteiger partial charge in [-0.25, -0.2) is 0 Å². The summed E-state index contributed by atoms with van der Waals surface area (Å²) in [5.41, 5.74) is 9.35. The molecule has 0 saturated heterocycles. The predicted octanol–water partition coefficient (Wildman–Crippen LogP) is 14.6. The van der Waals surface area contributed by atoms with Crippen molar-refractivity contribution in [2.75, 3.05) is 74.0 Å².